The molecule has 2 heterocycles. The number of piperazine rings is 1. The zero-order chi connectivity index (χ0) is 14.5. The number of aromatic nitrogens is 2. The fraction of sp³-hybridized carbons (Fsp3) is 0.714. The first-order valence-electron chi connectivity index (χ1n) is 7.31. The maximum absolute atomic E-state index is 5.73. The number of hydrogen-bond donors (Lipinski definition) is 1. The van der Waals surface area contributed by atoms with Gasteiger partial charge < -0.3 is 15.4 Å². The maximum Gasteiger partial charge on any atom is 0.228 e. The summed E-state index contributed by atoms with van der Waals surface area (Å²) >= 11 is 0. The van der Waals surface area contributed by atoms with Crippen LogP contribution >= 0.6 is 0 Å². The Kier molecular flexibility index (Phi) is 5.14. The Balaban J connectivity index is 2.03. The van der Waals surface area contributed by atoms with E-state index in [1.54, 1.807) is 0 Å². The molecule has 2 rings (SSSR count). The minimum atomic E-state index is 0.439. The van der Waals surface area contributed by atoms with Crippen LogP contribution in [-0.4, -0.2) is 60.2 Å². The second-order valence-electron chi connectivity index (χ2n) is 5.19. The van der Waals surface area contributed by atoms with Gasteiger partial charge in [0.05, 0.1) is 6.61 Å². The van der Waals surface area contributed by atoms with Gasteiger partial charge in [0, 0.05) is 50.5 Å². The number of nitrogens with zero attached hydrogens (tertiary/aromatic N) is 4. The quantitative estimate of drug-likeness (QED) is 0.854. The molecule has 1 aromatic rings. The molecule has 1 atom stereocenters. The van der Waals surface area contributed by atoms with E-state index in [0.29, 0.717) is 25.1 Å². The summed E-state index contributed by atoms with van der Waals surface area (Å²) in [5, 5.41) is 0. The normalized spacial score (nSPS) is 18.1. The lowest BCUT2D eigenvalue weighted by Gasteiger charge is -2.37. The van der Waals surface area contributed by atoms with Crippen LogP contribution in [0.3, 0.4) is 0 Å². The molecule has 1 saturated heterocycles. The average molecular weight is 279 g/mol. The molecule has 1 aliphatic heterocycles. The third-order valence-corrected chi connectivity index (χ3v) is 3.67. The fourth-order valence-corrected chi connectivity index (χ4v) is 2.40. The molecule has 6 nitrogen and oxygen atoms in total. The molecular weight excluding hydrogens is 254 g/mol. The van der Waals surface area contributed by atoms with Crippen molar-refractivity contribution in [3.05, 3.63) is 11.8 Å². The fourth-order valence-electron chi connectivity index (χ4n) is 2.40. The molecule has 0 aliphatic carbocycles. The highest BCUT2D eigenvalue weighted by Crippen LogP contribution is 2.17. The van der Waals surface area contributed by atoms with Crippen LogP contribution in [0, 0.1) is 6.92 Å². The number of hydrogen-bond acceptors (Lipinski definition) is 6. The van der Waals surface area contributed by atoms with E-state index in [9.17, 15) is 0 Å². The Bertz CT molecular complexity index is 432. The minimum absolute atomic E-state index is 0.439. The van der Waals surface area contributed by atoms with Gasteiger partial charge in [-0.3, -0.25) is 4.90 Å². The van der Waals surface area contributed by atoms with E-state index in [-0.39, 0.29) is 0 Å². The van der Waals surface area contributed by atoms with Gasteiger partial charge in [-0.25, -0.2) is 4.98 Å². The lowest BCUT2D eigenvalue weighted by Crippen LogP contribution is -2.51. The number of rotatable bonds is 5. The molecular formula is C14H25N5O. The first-order valence-corrected chi connectivity index (χ1v) is 7.31. The Labute approximate surface area is 120 Å². The van der Waals surface area contributed by atoms with Crippen molar-refractivity contribution < 1.29 is 4.74 Å². The van der Waals surface area contributed by atoms with E-state index < -0.39 is 0 Å². The van der Waals surface area contributed by atoms with Gasteiger partial charge in [0.1, 0.15) is 0 Å². The highest BCUT2D eigenvalue weighted by molar-refractivity contribution is 5.35. The second-order valence-corrected chi connectivity index (χ2v) is 5.19. The molecule has 6 heteroatoms. The molecule has 0 spiro atoms. The lowest BCUT2D eigenvalue weighted by atomic mass is 10.2. The van der Waals surface area contributed by atoms with Crippen LogP contribution in [0.5, 0.6) is 5.88 Å². The molecule has 112 valence electrons. The standard InChI is InChI=1S/C14H25N5O/c1-4-20-13-9-11(2)16-14(17-13)19-7-5-18(6-8-19)12(3)10-15/h9,12H,4-8,10,15H2,1-3H3. The smallest absolute Gasteiger partial charge is 0.228 e. The zero-order valence-electron chi connectivity index (χ0n) is 12.7. The highest BCUT2D eigenvalue weighted by atomic mass is 16.5. The summed E-state index contributed by atoms with van der Waals surface area (Å²) in [7, 11) is 0. The third kappa shape index (κ3) is 3.58. The first-order chi connectivity index (χ1) is 9.63. The van der Waals surface area contributed by atoms with Gasteiger partial charge in [0.15, 0.2) is 0 Å². The van der Waals surface area contributed by atoms with Crippen molar-refractivity contribution in [1.29, 1.82) is 0 Å². The predicted octanol–water partition coefficient (Wildman–Crippen LogP) is 0.653. The summed E-state index contributed by atoms with van der Waals surface area (Å²) in [4.78, 5) is 13.6. The van der Waals surface area contributed by atoms with Gasteiger partial charge in [0.25, 0.3) is 0 Å². The molecule has 20 heavy (non-hydrogen) atoms. The van der Waals surface area contributed by atoms with E-state index in [1.807, 2.05) is 19.9 Å². The lowest BCUT2D eigenvalue weighted by molar-refractivity contribution is 0.200. The Morgan fingerprint density at radius 3 is 2.60 bits per heavy atom. The van der Waals surface area contributed by atoms with Gasteiger partial charge in [-0.15, -0.1) is 0 Å². The van der Waals surface area contributed by atoms with E-state index in [1.165, 1.54) is 0 Å². The summed E-state index contributed by atoms with van der Waals surface area (Å²) in [5.41, 5.74) is 6.67. The molecule has 2 N–H and O–H groups in total. The van der Waals surface area contributed by atoms with Crippen LogP contribution in [0.1, 0.15) is 19.5 Å². The minimum Gasteiger partial charge on any atom is -0.478 e. The van der Waals surface area contributed by atoms with Crippen molar-refractivity contribution in [1.82, 2.24) is 14.9 Å². The second kappa shape index (κ2) is 6.85. The summed E-state index contributed by atoms with van der Waals surface area (Å²) in [6, 6.07) is 2.31. The average Bonchev–Trinajstić information content (AvgIpc) is 2.46. The molecule has 0 saturated carbocycles. The molecule has 1 aliphatic rings. The van der Waals surface area contributed by atoms with E-state index in [2.05, 4.69) is 26.7 Å². The SMILES string of the molecule is CCOc1cc(C)nc(N2CCN(C(C)CN)CC2)n1. The Morgan fingerprint density at radius 1 is 1.30 bits per heavy atom. The van der Waals surface area contributed by atoms with Crippen LogP contribution in [0.4, 0.5) is 5.95 Å². The molecule has 1 aromatic heterocycles. The summed E-state index contributed by atoms with van der Waals surface area (Å²) in [6.07, 6.45) is 0. The number of anilines is 1. The van der Waals surface area contributed by atoms with E-state index in [0.717, 1.165) is 37.8 Å². The Hall–Kier alpha value is -1.40. The van der Waals surface area contributed by atoms with Gasteiger partial charge in [0.2, 0.25) is 11.8 Å². The van der Waals surface area contributed by atoms with Crippen molar-refractivity contribution >= 4 is 5.95 Å². The number of ether oxygens (including phenoxy) is 1. The van der Waals surface area contributed by atoms with Crippen LogP contribution in [-0.2, 0) is 0 Å². The summed E-state index contributed by atoms with van der Waals surface area (Å²) in [5.74, 6) is 1.43. The molecule has 0 aromatic carbocycles. The number of nitrogens with two attached hydrogens (primary N) is 1. The molecule has 1 unspecified atom stereocenters. The summed E-state index contributed by atoms with van der Waals surface area (Å²) in [6.45, 7) is 11.3. The largest absolute Gasteiger partial charge is 0.478 e. The van der Waals surface area contributed by atoms with Crippen molar-refractivity contribution in [3.63, 3.8) is 0 Å². The molecule has 0 bridgehead atoms. The van der Waals surface area contributed by atoms with E-state index in [4.69, 9.17) is 10.5 Å². The zero-order valence-corrected chi connectivity index (χ0v) is 12.7. The van der Waals surface area contributed by atoms with Crippen LogP contribution in [0.25, 0.3) is 0 Å². The topological polar surface area (TPSA) is 67.5 Å². The Morgan fingerprint density at radius 2 is 2.00 bits per heavy atom. The van der Waals surface area contributed by atoms with Crippen molar-refractivity contribution in [3.8, 4) is 5.88 Å². The van der Waals surface area contributed by atoms with Crippen molar-refractivity contribution in [2.24, 2.45) is 5.73 Å². The van der Waals surface area contributed by atoms with Crippen LogP contribution in [0.2, 0.25) is 0 Å². The maximum atomic E-state index is 5.73. The number of aryl methyl sites for hydroxylation is 1. The van der Waals surface area contributed by atoms with E-state index >= 15 is 0 Å². The predicted molar refractivity (Wildman–Crippen MR) is 80.2 cm³/mol. The summed E-state index contributed by atoms with van der Waals surface area (Å²) < 4.78 is 5.49. The van der Waals surface area contributed by atoms with Gasteiger partial charge >= 0.3 is 0 Å². The van der Waals surface area contributed by atoms with Crippen LogP contribution in [0.15, 0.2) is 6.07 Å². The molecule has 0 amide bonds. The van der Waals surface area contributed by atoms with Crippen molar-refractivity contribution in [2.45, 2.75) is 26.8 Å². The van der Waals surface area contributed by atoms with Gasteiger partial charge in [-0.1, -0.05) is 0 Å². The first kappa shape index (κ1) is 15.0. The highest BCUT2D eigenvalue weighted by Gasteiger charge is 2.22. The van der Waals surface area contributed by atoms with Gasteiger partial charge in [-0.2, -0.15) is 4.98 Å². The third-order valence-electron chi connectivity index (χ3n) is 3.67. The monoisotopic (exact) mass is 279 g/mol. The van der Waals surface area contributed by atoms with Crippen molar-refractivity contribution in [2.75, 3.05) is 44.2 Å². The molecule has 0 radical (unpaired) electrons. The molecule has 1 fully saturated rings. The van der Waals surface area contributed by atoms with Crippen LogP contribution < -0.4 is 15.4 Å². The van der Waals surface area contributed by atoms with Gasteiger partial charge in [-0.05, 0) is 20.8 Å².